The lowest BCUT2D eigenvalue weighted by molar-refractivity contribution is 0.475. The number of phenolic OH excluding ortho intramolecular Hbond substituents is 1. The predicted molar refractivity (Wildman–Crippen MR) is 97.3 cm³/mol. The van der Waals surface area contributed by atoms with Crippen LogP contribution in [-0.4, -0.2) is 5.11 Å². The Labute approximate surface area is 137 Å². The van der Waals surface area contributed by atoms with E-state index in [4.69, 9.17) is 0 Å². The van der Waals surface area contributed by atoms with E-state index >= 15 is 0 Å². The minimum absolute atomic E-state index is 0.323. The smallest absolute Gasteiger partial charge is 0.115 e. The molecule has 0 aliphatic carbocycles. The van der Waals surface area contributed by atoms with Gasteiger partial charge in [-0.05, 0) is 47.2 Å². The Morgan fingerprint density at radius 1 is 0.565 bits per heavy atom. The van der Waals surface area contributed by atoms with Crippen LogP contribution >= 0.6 is 0 Å². The summed E-state index contributed by atoms with van der Waals surface area (Å²) in [5.74, 6) is 0.323. The van der Waals surface area contributed by atoms with Crippen molar-refractivity contribution in [3.8, 4) is 5.75 Å². The van der Waals surface area contributed by atoms with Crippen molar-refractivity contribution in [1.29, 1.82) is 0 Å². The Morgan fingerprint density at radius 2 is 1.04 bits per heavy atom. The minimum atomic E-state index is 0.323. The first-order valence-corrected chi connectivity index (χ1v) is 7.89. The summed E-state index contributed by atoms with van der Waals surface area (Å²) in [5.41, 5.74) is 5.00. The SMILES string of the molecule is Oc1ccc(CCc2ccc(/C=C/c3ccccc3)cc2)cc1. The lowest BCUT2D eigenvalue weighted by atomic mass is 10.0. The molecule has 0 saturated heterocycles. The molecule has 1 N–H and O–H groups in total. The molecule has 0 radical (unpaired) electrons. The maximum absolute atomic E-state index is 9.30. The topological polar surface area (TPSA) is 20.2 Å². The lowest BCUT2D eigenvalue weighted by Gasteiger charge is -2.03. The Hall–Kier alpha value is -2.80. The Morgan fingerprint density at radius 3 is 1.61 bits per heavy atom. The molecule has 3 rings (SSSR count). The molecule has 1 heteroatoms. The van der Waals surface area contributed by atoms with Gasteiger partial charge in [-0.2, -0.15) is 0 Å². The van der Waals surface area contributed by atoms with Crippen LogP contribution < -0.4 is 0 Å². The number of hydrogen-bond acceptors (Lipinski definition) is 1. The molecular formula is C22H20O. The average molecular weight is 300 g/mol. The normalized spacial score (nSPS) is 11.0. The van der Waals surface area contributed by atoms with Crippen molar-refractivity contribution in [2.75, 3.05) is 0 Å². The van der Waals surface area contributed by atoms with Crippen LogP contribution in [0.25, 0.3) is 12.2 Å². The van der Waals surface area contributed by atoms with Crippen LogP contribution in [0, 0.1) is 0 Å². The van der Waals surface area contributed by atoms with Crippen LogP contribution in [0.1, 0.15) is 22.3 Å². The van der Waals surface area contributed by atoms with Gasteiger partial charge in [-0.15, -0.1) is 0 Å². The quantitative estimate of drug-likeness (QED) is 0.630. The van der Waals surface area contributed by atoms with Gasteiger partial charge >= 0.3 is 0 Å². The number of hydrogen-bond donors (Lipinski definition) is 1. The fraction of sp³-hybridized carbons (Fsp3) is 0.0909. The summed E-state index contributed by atoms with van der Waals surface area (Å²) < 4.78 is 0. The molecule has 114 valence electrons. The molecule has 23 heavy (non-hydrogen) atoms. The number of rotatable bonds is 5. The van der Waals surface area contributed by atoms with E-state index in [-0.39, 0.29) is 0 Å². The summed E-state index contributed by atoms with van der Waals surface area (Å²) in [6.45, 7) is 0. The van der Waals surface area contributed by atoms with Crippen molar-refractivity contribution < 1.29 is 5.11 Å². The van der Waals surface area contributed by atoms with Gasteiger partial charge < -0.3 is 5.11 Å². The maximum atomic E-state index is 9.30. The van der Waals surface area contributed by atoms with Crippen LogP contribution in [0.15, 0.2) is 78.9 Å². The molecule has 0 unspecified atom stereocenters. The Balaban J connectivity index is 1.58. The third kappa shape index (κ3) is 4.58. The van der Waals surface area contributed by atoms with E-state index < -0.39 is 0 Å². The summed E-state index contributed by atoms with van der Waals surface area (Å²) in [6.07, 6.45) is 6.26. The largest absolute Gasteiger partial charge is 0.508 e. The van der Waals surface area contributed by atoms with Crippen molar-refractivity contribution in [3.63, 3.8) is 0 Å². The number of benzene rings is 3. The molecule has 3 aromatic carbocycles. The number of aryl methyl sites for hydroxylation is 2. The first-order chi connectivity index (χ1) is 11.3. The first kappa shape index (κ1) is 15.1. The fourth-order valence-corrected chi connectivity index (χ4v) is 2.50. The molecule has 0 atom stereocenters. The third-order valence-electron chi connectivity index (χ3n) is 3.89. The van der Waals surface area contributed by atoms with Crippen molar-refractivity contribution in [3.05, 3.63) is 101 Å². The van der Waals surface area contributed by atoms with E-state index in [0.29, 0.717) is 5.75 Å². The van der Waals surface area contributed by atoms with Crippen molar-refractivity contribution in [2.24, 2.45) is 0 Å². The second-order valence-electron chi connectivity index (χ2n) is 5.65. The van der Waals surface area contributed by atoms with E-state index in [1.54, 1.807) is 12.1 Å². The van der Waals surface area contributed by atoms with Crippen LogP contribution in [-0.2, 0) is 12.8 Å². The standard InChI is InChI=1S/C22H20O/c23-22-16-14-21(15-17-22)13-12-20-10-8-19(9-11-20)7-6-18-4-2-1-3-5-18/h1-11,14-17,23H,12-13H2/b7-6+. The van der Waals surface area contributed by atoms with Crippen LogP contribution in [0.3, 0.4) is 0 Å². The zero-order valence-corrected chi connectivity index (χ0v) is 13.0. The average Bonchev–Trinajstić information content (AvgIpc) is 2.61. The molecule has 0 amide bonds. The van der Waals surface area contributed by atoms with E-state index in [1.807, 2.05) is 30.3 Å². The maximum Gasteiger partial charge on any atom is 0.115 e. The molecule has 0 bridgehead atoms. The molecule has 0 aliphatic rings. The summed E-state index contributed by atoms with van der Waals surface area (Å²) in [4.78, 5) is 0. The number of phenols is 1. The molecule has 0 heterocycles. The van der Waals surface area contributed by atoms with Gasteiger partial charge in [0.15, 0.2) is 0 Å². The van der Waals surface area contributed by atoms with Crippen molar-refractivity contribution in [1.82, 2.24) is 0 Å². The predicted octanol–water partition coefficient (Wildman–Crippen LogP) is 5.35. The van der Waals surface area contributed by atoms with E-state index in [9.17, 15) is 5.11 Å². The summed E-state index contributed by atoms with van der Waals surface area (Å²) >= 11 is 0. The van der Waals surface area contributed by atoms with E-state index in [2.05, 4.69) is 48.6 Å². The molecule has 0 fully saturated rings. The highest BCUT2D eigenvalue weighted by Crippen LogP contribution is 2.14. The molecule has 0 aliphatic heterocycles. The van der Waals surface area contributed by atoms with Gasteiger partial charge in [0.2, 0.25) is 0 Å². The zero-order chi connectivity index (χ0) is 15.9. The van der Waals surface area contributed by atoms with Gasteiger partial charge in [-0.25, -0.2) is 0 Å². The fourth-order valence-electron chi connectivity index (χ4n) is 2.50. The summed E-state index contributed by atoms with van der Waals surface area (Å²) in [5, 5.41) is 9.30. The molecular weight excluding hydrogens is 280 g/mol. The summed E-state index contributed by atoms with van der Waals surface area (Å²) in [6, 6.07) is 26.5. The van der Waals surface area contributed by atoms with Gasteiger partial charge in [-0.3, -0.25) is 0 Å². The third-order valence-corrected chi connectivity index (χ3v) is 3.89. The van der Waals surface area contributed by atoms with Crippen LogP contribution in [0.5, 0.6) is 5.75 Å². The molecule has 0 spiro atoms. The molecule has 0 saturated carbocycles. The zero-order valence-electron chi connectivity index (χ0n) is 13.0. The highest BCUT2D eigenvalue weighted by Gasteiger charge is 1.97. The second kappa shape index (κ2) is 7.46. The van der Waals surface area contributed by atoms with E-state index in [0.717, 1.165) is 12.8 Å². The highest BCUT2D eigenvalue weighted by atomic mass is 16.3. The lowest BCUT2D eigenvalue weighted by Crippen LogP contribution is -1.91. The van der Waals surface area contributed by atoms with Crippen molar-refractivity contribution in [2.45, 2.75) is 12.8 Å². The minimum Gasteiger partial charge on any atom is -0.508 e. The van der Waals surface area contributed by atoms with Crippen LogP contribution in [0.4, 0.5) is 0 Å². The van der Waals surface area contributed by atoms with Gasteiger partial charge in [0.25, 0.3) is 0 Å². The monoisotopic (exact) mass is 300 g/mol. The highest BCUT2D eigenvalue weighted by molar-refractivity contribution is 5.69. The van der Waals surface area contributed by atoms with E-state index in [1.165, 1.54) is 22.3 Å². The molecule has 1 nitrogen and oxygen atoms in total. The summed E-state index contributed by atoms with van der Waals surface area (Å²) in [7, 11) is 0. The Kier molecular flexibility index (Phi) is 4.90. The van der Waals surface area contributed by atoms with Gasteiger partial charge in [0, 0.05) is 0 Å². The first-order valence-electron chi connectivity index (χ1n) is 7.89. The van der Waals surface area contributed by atoms with Crippen LogP contribution in [0.2, 0.25) is 0 Å². The van der Waals surface area contributed by atoms with Crippen molar-refractivity contribution >= 4 is 12.2 Å². The second-order valence-corrected chi connectivity index (χ2v) is 5.65. The molecule has 0 aromatic heterocycles. The van der Waals surface area contributed by atoms with Gasteiger partial charge in [0.1, 0.15) is 5.75 Å². The van der Waals surface area contributed by atoms with Gasteiger partial charge in [0.05, 0.1) is 0 Å². The van der Waals surface area contributed by atoms with Gasteiger partial charge in [-0.1, -0.05) is 78.9 Å². The number of aromatic hydroxyl groups is 1. The Bertz CT molecular complexity index is 753. The molecule has 3 aromatic rings.